The van der Waals surface area contributed by atoms with Gasteiger partial charge in [0.15, 0.2) is 0 Å². The van der Waals surface area contributed by atoms with Gasteiger partial charge in [0.05, 0.1) is 23.8 Å². The Balaban J connectivity index is 2.17. The van der Waals surface area contributed by atoms with E-state index in [1.54, 1.807) is 30.3 Å². The lowest BCUT2D eigenvalue weighted by molar-refractivity contribution is -0.121. The molecule has 2 aromatic carbocycles. The van der Waals surface area contributed by atoms with Crippen LogP contribution in [0.2, 0.25) is 5.02 Å². The minimum absolute atomic E-state index is 0.102. The third-order valence-electron chi connectivity index (χ3n) is 3.61. The smallest absolute Gasteiger partial charge is 0.250 e. The van der Waals surface area contributed by atoms with E-state index in [4.69, 9.17) is 26.3 Å². The zero-order chi connectivity index (χ0) is 16.4. The van der Waals surface area contributed by atoms with Gasteiger partial charge in [0, 0.05) is 16.8 Å². The van der Waals surface area contributed by atoms with E-state index in [2.05, 4.69) is 11.4 Å². The number of carbonyl (C=O) groups is 1. The van der Waals surface area contributed by atoms with Crippen LogP contribution < -0.4 is 10.1 Å². The summed E-state index contributed by atoms with van der Waals surface area (Å²) < 4.78 is 11.0. The molecular formula is C17H13ClN2O3. The molecule has 1 atom stereocenters. The minimum Gasteiger partial charge on any atom is -0.495 e. The highest BCUT2D eigenvalue weighted by Crippen LogP contribution is 2.40. The number of hydrogen-bond acceptors (Lipinski definition) is 4. The molecule has 116 valence electrons. The first-order valence-electron chi connectivity index (χ1n) is 6.92. The van der Waals surface area contributed by atoms with Crippen molar-refractivity contribution in [3.8, 4) is 11.8 Å². The van der Waals surface area contributed by atoms with Crippen LogP contribution in [0.3, 0.4) is 0 Å². The van der Waals surface area contributed by atoms with Crippen molar-refractivity contribution in [3.63, 3.8) is 0 Å². The van der Waals surface area contributed by atoms with Crippen molar-refractivity contribution in [1.82, 2.24) is 0 Å². The van der Waals surface area contributed by atoms with Gasteiger partial charge in [-0.1, -0.05) is 23.7 Å². The van der Waals surface area contributed by atoms with Crippen molar-refractivity contribution in [1.29, 1.82) is 5.26 Å². The number of fused-ring (bicyclic) bond motifs is 1. The highest BCUT2D eigenvalue weighted by atomic mass is 35.5. The van der Waals surface area contributed by atoms with Crippen LogP contribution in [0.25, 0.3) is 0 Å². The fourth-order valence-electron chi connectivity index (χ4n) is 2.54. The van der Waals surface area contributed by atoms with Gasteiger partial charge in [-0.3, -0.25) is 4.79 Å². The van der Waals surface area contributed by atoms with Gasteiger partial charge >= 0.3 is 0 Å². The molecule has 5 nitrogen and oxygen atoms in total. The molecular weight excluding hydrogens is 316 g/mol. The predicted octanol–water partition coefficient (Wildman–Crippen LogP) is 3.28. The molecule has 0 bridgehead atoms. The third kappa shape index (κ3) is 2.87. The van der Waals surface area contributed by atoms with E-state index in [1.807, 2.05) is 6.07 Å². The molecule has 0 unspecified atom stereocenters. The molecule has 0 aliphatic carbocycles. The lowest BCUT2D eigenvalue weighted by Crippen LogP contribution is -2.15. The zero-order valence-corrected chi connectivity index (χ0v) is 13.1. The van der Waals surface area contributed by atoms with Crippen LogP contribution in [0.15, 0.2) is 36.4 Å². The van der Waals surface area contributed by atoms with Crippen molar-refractivity contribution in [3.05, 3.63) is 58.1 Å². The normalized spacial score (nSPS) is 16.7. The molecule has 23 heavy (non-hydrogen) atoms. The van der Waals surface area contributed by atoms with Gasteiger partial charge in [0.2, 0.25) is 5.91 Å². The maximum absolute atomic E-state index is 11.8. The Kier molecular flexibility index (Phi) is 4.20. The highest BCUT2D eigenvalue weighted by molar-refractivity contribution is 6.33. The SMILES string of the molecule is COc1cccc([C@H]2OCC(=O)Nc3ccc(C#N)cc32)c1Cl. The van der Waals surface area contributed by atoms with Gasteiger partial charge < -0.3 is 14.8 Å². The van der Waals surface area contributed by atoms with Crippen LogP contribution in [0.1, 0.15) is 22.8 Å². The van der Waals surface area contributed by atoms with Crippen molar-refractivity contribution in [2.45, 2.75) is 6.10 Å². The molecule has 0 aromatic heterocycles. The molecule has 0 spiro atoms. The standard InChI is InChI=1S/C17H13ClN2O3/c1-22-14-4-2-3-11(16(14)18)17-12-7-10(8-19)5-6-13(12)20-15(21)9-23-17/h2-7,17H,9H2,1H3,(H,20,21)/t17-/m1/s1. The van der Waals surface area contributed by atoms with Gasteiger partial charge in [-0.2, -0.15) is 5.26 Å². The molecule has 0 radical (unpaired) electrons. The van der Waals surface area contributed by atoms with E-state index >= 15 is 0 Å². The lowest BCUT2D eigenvalue weighted by atomic mass is 9.97. The lowest BCUT2D eigenvalue weighted by Gasteiger charge is -2.20. The fourth-order valence-corrected chi connectivity index (χ4v) is 2.85. The number of rotatable bonds is 2. The number of halogens is 1. The minimum atomic E-state index is -0.570. The number of nitrogens with zero attached hydrogens (tertiary/aromatic N) is 1. The Morgan fingerprint density at radius 2 is 2.17 bits per heavy atom. The van der Waals surface area contributed by atoms with E-state index in [9.17, 15) is 4.79 Å². The van der Waals surface area contributed by atoms with Crippen LogP contribution in [0.5, 0.6) is 5.75 Å². The van der Waals surface area contributed by atoms with Gasteiger partial charge in [0.25, 0.3) is 0 Å². The summed E-state index contributed by atoms with van der Waals surface area (Å²) in [6, 6.07) is 12.5. The van der Waals surface area contributed by atoms with E-state index in [0.717, 1.165) is 0 Å². The summed E-state index contributed by atoms with van der Waals surface area (Å²) in [6.45, 7) is -0.102. The van der Waals surface area contributed by atoms with Crippen molar-refractivity contribution >= 4 is 23.2 Å². The van der Waals surface area contributed by atoms with Crippen LogP contribution >= 0.6 is 11.6 Å². The average Bonchev–Trinajstić information content (AvgIpc) is 2.73. The molecule has 6 heteroatoms. The summed E-state index contributed by atoms with van der Waals surface area (Å²) in [5.41, 5.74) is 2.45. The van der Waals surface area contributed by atoms with Gasteiger partial charge in [-0.15, -0.1) is 0 Å². The summed E-state index contributed by atoms with van der Waals surface area (Å²) in [5.74, 6) is 0.270. The summed E-state index contributed by atoms with van der Waals surface area (Å²) in [5, 5.41) is 12.3. The summed E-state index contributed by atoms with van der Waals surface area (Å²) in [4.78, 5) is 11.8. The quantitative estimate of drug-likeness (QED) is 0.918. The predicted molar refractivity (Wildman–Crippen MR) is 85.6 cm³/mol. The number of nitrogens with one attached hydrogen (secondary N) is 1. The number of hydrogen-bond donors (Lipinski definition) is 1. The Morgan fingerprint density at radius 3 is 2.91 bits per heavy atom. The van der Waals surface area contributed by atoms with Crippen LogP contribution in [-0.4, -0.2) is 19.6 Å². The van der Waals surface area contributed by atoms with E-state index in [0.29, 0.717) is 33.1 Å². The van der Waals surface area contributed by atoms with E-state index < -0.39 is 6.10 Å². The van der Waals surface area contributed by atoms with Gasteiger partial charge in [-0.25, -0.2) is 0 Å². The molecule has 1 aliphatic heterocycles. The van der Waals surface area contributed by atoms with Crippen molar-refractivity contribution in [2.24, 2.45) is 0 Å². The molecule has 0 fully saturated rings. The molecule has 0 saturated carbocycles. The van der Waals surface area contributed by atoms with Crippen molar-refractivity contribution < 1.29 is 14.3 Å². The maximum Gasteiger partial charge on any atom is 0.250 e. The number of nitriles is 1. The number of amides is 1. The molecule has 2 aromatic rings. The number of anilines is 1. The topological polar surface area (TPSA) is 71.3 Å². The number of methoxy groups -OCH3 is 1. The molecule has 1 aliphatic rings. The first-order valence-corrected chi connectivity index (χ1v) is 7.29. The second kappa shape index (κ2) is 6.29. The fraction of sp³-hybridized carbons (Fsp3) is 0.176. The Labute approximate surface area is 138 Å². The monoisotopic (exact) mass is 328 g/mol. The summed E-state index contributed by atoms with van der Waals surface area (Å²) in [7, 11) is 1.53. The Hall–Kier alpha value is -2.55. The van der Waals surface area contributed by atoms with Crippen LogP contribution in [0, 0.1) is 11.3 Å². The first kappa shape index (κ1) is 15.3. The molecule has 3 rings (SSSR count). The van der Waals surface area contributed by atoms with E-state index in [1.165, 1.54) is 7.11 Å². The molecule has 1 N–H and O–H groups in total. The highest BCUT2D eigenvalue weighted by Gasteiger charge is 2.27. The van der Waals surface area contributed by atoms with Crippen LogP contribution in [-0.2, 0) is 9.53 Å². The van der Waals surface area contributed by atoms with Gasteiger partial charge in [-0.05, 0) is 24.3 Å². The first-order chi connectivity index (χ1) is 11.1. The second-order valence-corrected chi connectivity index (χ2v) is 5.39. The number of benzene rings is 2. The second-order valence-electron chi connectivity index (χ2n) is 5.02. The third-order valence-corrected chi connectivity index (χ3v) is 4.02. The number of ether oxygens (including phenoxy) is 2. The Morgan fingerprint density at radius 1 is 1.35 bits per heavy atom. The molecule has 0 saturated heterocycles. The van der Waals surface area contributed by atoms with E-state index in [-0.39, 0.29) is 12.5 Å². The largest absolute Gasteiger partial charge is 0.495 e. The zero-order valence-electron chi connectivity index (χ0n) is 12.3. The molecule has 1 amide bonds. The maximum atomic E-state index is 11.8. The van der Waals surface area contributed by atoms with Crippen LogP contribution in [0.4, 0.5) is 5.69 Å². The summed E-state index contributed by atoms with van der Waals surface area (Å²) in [6.07, 6.45) is -0.570. The average molecular weight is 329 g/mol. The van der Waals surface area contributed by atoms with Crippen molar-refractivity contribution in [2.75, 3.05) is 19.0 Å². The molecule has 1 heterocycles. The number of carbonyl (C=O) groups excluding carboxylic acids is 1. The van der Waals surface area contributed by atoms with Gasteiger partial charge in [0.1, 0.15) is 18.5 Å². The Bertz CT molecular complexity index is 814. The summed E-state index contributed by atoms with van der Waals surface area (Å²) >= 11 is 6.40.